The molecule has 0 radical (unpaired) electrons. The van der Waals surface area contributed by atoms with Gasteiger partial charge in [0, 0.05) is 6.07 Å². The van der Waals surface area contributed by atoms with Crippen LogP contribution in [0.3, 0.4) is 0 Å². The van der Waals surface area contributed by atoms with Crippen molar-refractivity contribution in [1.82, 2.24) is 0 Å². The molecule has 0 heterocycles. The van der Waals surface area contributed by atoms with Crippen molar-refractivity contribution in [3.63, 3.8) is 0 Å². The van der Waals surface area contributed by atoms with Crippen molar-refractivity contribution in [2.75, 3.05) is 0 Å². The predicted octanol–water partition coefficient (Wildman–Crippen LogP) is 7.30. The largest absolute Gasteiger partial charge is 0.457 e. The van der Waals surface area contributed by atoms with Crippen LogP contribution in [0.5, 0.6) is 11.5 Å². The van der Waals surface area contributed by atoms with E-state index in [0.717, 1.165) is 0 Å². The molecule has 3 aromatic rings. The molecule has 35 heavy (non-hydrogen) atoms. The van der Waals surface area contributed by atoms with Gasteiger partial charge in [0.2, 0.25) is 11.6 Å². The van der Waals surface area contributed by atoms with E-state index in [1.807, 2.05) is 0 Å². The minimum absolute atomic E-state index is 0.0534. The van der Waals surface area contributed by atoms with E-state index in [1.165, 1.54) is 12.1 Å². The number of ether oxygens (including phenoxy) is 1. The van der Waals surface area contributed by atoms with Crippen LogP contribution in [0.25, 0.3) is 0 Å². The van der Waals surface area contributed by atoms with Gasteiger partial charge in [-0.15, -0.1) is 0 Å². The van der Waals surface area contributed by atoms with Gasteiger partial charge in [0.05, 0.1) is 21.0 Å². The zero-order chi connectivity index (χ0) is 26.6. The van der Waals surface area contributed by atoms with Gasteiger partial charge in [-0.1, -0.05) is 18.2 Å². The zero-order valence-corrected chi connectivity index (χ0v) is 16.7. The van der Waals surface area contributed by atoms with Crippen molar-refractivity contribution in [2.24, 2.45) is 0 Å². The Morgan fingerprint density at radius 3 is 1.43 bits per heavy atom. The molecule has 0 N–H and O–H groups in total. The number of nitro benzene ring substituents is 2. The third-order valence-corrected chi connectivity index (χ3v) is 3.95. The van der Waals surface area contributed by atoms with E-state index in [0.29, 0.717) is 12.1 Å². The molecule has 3 rings (SSSR count). The lowest BCUT2D eigenvalue weighted by Crippen LogP contribution is -2.11. The number of hydrogen-bond acceptors (Lipinski definition) is 5. The third-order valence-electron chi connectivity index (χ3n) is 3.95. The summed E-state index contributed by atoms with van der Waals surface area (Å²) in [6, 6.07) is 9.05. The lowest BCUT2D eigenvalue weighted by atomic mass is 10.1. The first-order valence-electron chi connectivity index (χ1n) is 8.90. The summed E-state index contributed by atoms with van der Waals surface area (Å²) in [6.07, 6.45) is -9.79. The fourth-order valence-electron chi connectivity index (χ4n) is 2.42. The second-order valence-corrected chi connectivity index (χ2v) is 6.43. The first kappa shape index (κ1) is 26.9. The number of benzene rings is 3. The van der Waals surface area contributed by atoms with E-state index < -0.39 is 62.1 Å². The van der Waals surface area contributed by atoms with Crippen LogP contribution in [0.2, 0.25) is 0 Å². The van der Waals surface area contributed by atoms with Crippen LogP contribution in [0.4, 0.5) is 46.5 Å². The molecule has 7 nitrogen and oxygen atoms in total. The molecule has 0 aliphatic heterocycles. The van der Waals surface area contributed by atoms with Gasteiger partial charge in [0.1, 0.15) is 17.6 Å². The smallest absolute Gasteiger partial charge is 0.416 e. The number of nitro groups is 2. The standard InChI is InChI=1S/C14H8F6O.C6H2F2N2O4/c15-13(16,17)9-6-10(14(18,19)20)8-12(7-9)21-11-4-2-1-3-5-11;7-3-1-4(8)6(10(13)14)2-5(3)9(11)12/h1-8H;1-2H. The highest BCUT2D eigenvalue weighted by atomic mass is 19.4. The average molecular weight is 510 g/mol. The maximum absolute atomic E-state index is 12.7. The average Bonchev–Trinajstić information content (AvgIpc) is 2.73. The second-order valence-electron chi connectivity index (χ2n) is 6.43. The third kappa shape index (κ3) is 7.35. The van der Waals surface area contributed by atoms with Crippen molar-refractivity contribution >= 4 is 11.4 Å². The quantitative estimate of drug-likeness (QED) is 0.209. The van der Waals surface area contributed by atoms with Crippen LogP contribution >= 0.6 is 0 Å². The van der Waals surface area contributed by atoms with Gasteiger partial charge in [-0.2, -0.15) is 35.1 Å². The summed E-state index contributed by atoms with van der Waals surface area (Å²) in [5.41, 5.74) is -5.08. The minimum atomic E-state index is -4.89. The molecular weight excluding hydrogens is 500 g/mol. The molecule has 0 saturated carbocycles. The van der Waals surface area contributed by atoms with Crippen molar-refractivity contribution in [2.45, 2.75) is 12.4 Å². The Morgan fingerprint density at radius 1 is 0.629 bits per heavy atom. The molecule has 0 saturated heterocycles. The molecule has 186 valence electrons. The summed E-state index contributed by atoms with van der Waals surface area (Å²) in [7, 11) is 0. The molecule has 0 aromatic heterocycles. The van der Waals surface area contributed by atoms with Gasteiger partial charge < -0.3 is 4.74 Å². The second kappa shape index (κ2) is 10.3. The SMILES string of the molecule is FC(F)(F)c1cc(Oc2ccccc2)cc(C(F)(F)F)c1.O=[N+]([O-])c1cc([N+](=O)[O-])c(F)cc1F. The fourth-order valence-corrected chi connectivity index (χ4v) is 2.42. The maximum Gasteiger partial charge on any atom is 0.416 e. The van der Waals surface area contributed by atoms with Gasteiger partial charge in [-0.3, -0.25) is 20.2 Å². The van der Waals surface area contributed by atoms with E-state index in [2.05, 4.69) is 0 Å². The molecule has 0 amide bonds. The number of hydrogen-bond donors (Lipinski definition) is 0. The van der Waals surface area contributed by atoms with Crippen molar-refractivity contribution < 1.29 is 49.7 Å². The van der Waals surface area contributed by atoms with Crippen molar-refractivity contribution in [1.29, 1.82) is 0 Å². The highest BCUT2D eigenvalue weighted by Crippen LogP contribution is 2.39. The van der Waals surface area contributed by atoms with Crippen LogP contribution in [0, 0.1) is 31.9 Å². The van der Waals surface area contributed by atoms with Crippen molar-refractivity contribution in [3.05, 3.63) is 104 Å². The van der Waals surface area contributed by atoms with E-state index in [1.54, 1.807) is 18.2 Å². The number of alkyl halides is 6. The highest BCUT2D eigenvalue weighted by Gasteiger charge is 2.37. The van der Waals surface area contributed by atoms with Gasteiger partial charge >= 0.3 is 23.7 Å². The van der Waals surface area contributed by atoms with Gasteiger partial charge in [-0.25, -0.2) is 0 Å². The molecule has 0 spiro atoms. The molecular formula is C20H10F8N2O5. The topological polar surface area (TPSA) is 95.5 Å². The van der Waals surface area contributed by atoms with E-state index in [9.17, 15) is 55.4 Å². The minimum Gasteiger partial charge on any atom is -0.457 e. The van der Waals surface area contributed by atoms with E-state index in [-0.39, 0.29) is 23.9 Å². The molecule has 3 aromatic carbocycles. The van der Waals surface area contributed by atoms with Crippen molar-refractivity contribution in [3.8, 4) is 11.5 Å². The Balaban J connectivity index is 0.000000269. The Labute approximate surface area is 189 Å². The summed E-state index contributed by atoms with van der Waals surface area (Å²) in [5, 5.41) is 20.3. The molecule has 0 atom stereocenters. The molecule has 0 fully saturated rings. The zero-order valence-electron chi connectivity index (χ0n) is 16.7. The molecule has 0 aliphatic carbocycles. The molecule has 0 aliphatic rings. The predicted molar refractivity (Wildman–Crippen MR) is 103 cm³/mol. The molecule has 0 bridgehead atoms. The fraction of sp³-hybridized carbons (Fsp3) is 0.100. The lowest BCUT2D eigenvalue weighted by Gasteiger charge is -2.14. The summed E-state index contributed by atoms with van der Waals surface area (Å²) in [6.45, 7) is 0. The first-order chi connectivity index (χ1) is 16.1. The number of para-hydroxylation sites is 1. The summed E-state index contributed by atoms with van der Waals surface area (Å²) < 4.78 is 106. The maximum atomic E-state index is 12.7. The summed E-state index contributed by atoms with van der Waals surface area (Å²) in [4.78, 5) is 17.9. The lowest BCUT2D eigenvalue weighted by molar-refractivity contribution is -0.397. The van der Waals surface area contributed by atoms with Gasteiger partial charge in [-0.05, 0) is 30.3 Å². The monoisotopic (exact) mass is 510 g/mol. The number of rotatable bonds is 4. The van der Waals surface area contributed by atoms with Gasteiger partial charge in [0.25, 0.3) is 0 Å². The number of nitrogens with zero attached hydrogens (tertiary/aromatic N) is 2. The van der Waals surface area contributed by atoms with Gasteiger partial charge in [0.15, 0.2) is 0 Å². The van der Waals surface area contributed by atoms with Crippen LogP contribution < -0.4 is 4.74 Å². The normalized spacial score (nSPS) is 11.3. The van der Waals surface area contributed by atoms with Crippen LogP contribution in [0.15, 0.2) is 60.7 Å². The van der Waals surface area contributed by atoms with Crippen LogP contribution in [-0.2, 0) is 12.4 Å². The molecule has 15 heteroatoms. The number of halogens is 8. The Hall–Kier alpha value is -4.30. The summed E-state index contributed by atoms with van der Waals surface area (Å²) in [5.74, 6) is -3.27. The Kier molecular flexibility index (Phi) is 7.94. The Bertz CT molecular complexity index is 1160. The first-order valence-corrected chi connectivity index (χ1v) is 8.90. The molecule has 0 unspecified atom stereocenters. The van der Waals surface area contributed by atoms with E-state index >= 15 is 0 Å². The summed E-state index contributed by atoms with van der Waals surface area (Å²) >= 11 is 0. The van der Waals surface area contributed by atoms with E-state index in [4.69, 9.17) is 4.74 Å². The van der Waals surface area contributed by atoms with Crippen LogP contribution in [-0.4, -0.2) is 9.85 Å². The van der Waals surface area contributed by atoms with Crippen LogP contribution in [0.1, 0.15) is 11.1 Å². The highest BCUT2D eigenvalue weighted by molar-refractivity contribution is 5.45. The Morgan fingerprint density at radius 2 is 1.06 bits per heavy atom.